The summed E-state index contributed by atoms with van der Waals surface area (Å²) in [5, 5.41) is 2.56. The van der Waals surface area contributed by atoms with Gasteiger partial charge in [0, 0.05) is 6.07 Å². The van der Waals surface area contributed by atoms with Crippen LogP contribution in [0.15, 0.2) is 36.4 Å². The van der Waals surface area contributed by atoms with Gasteiger partial charge in [0.05, 0.1) is 25.5 Å². The lowest BCUT2D eigenvalue weighted by Gasteiger charge is -2.16. The van der Waals surface area contributed by atoms with Gasteiger partial charge in [-0.3, -0.25) is 4.79 Å². The van der Waals surface area contributed by atoms with Crippen molar-refractivity contribution in [2.75, 3.05) is 19.5 Å². The molecule has 0 aromatic heterocycles. The van der Waals surface area contributed by atoms with Crippen LogP contribution in [0.4, 0.5) is 14.5 Å². The Bertz CT molecular complexity index is 825. The molecule has 0 aliphatic carbocycles. The Morgan fingerprint density at radius 1 is 1.00 bits per heavy atom. The molecule has 0 aliphatic heterocycles. The second kappa shape index (κ2) is 8.28. The van der Waals surface area contributed by atoms with Gasteiger partial charge in [0.2, 0.25) is 0 Å². The lowest BCUT2D eigenvalue weighted by molar-refractivity contribution is -0.123. The Morgan fingerprint density at radius 3 is 2.35 bits per heavy atom. The summed E-state index contributed by atoms with van der Waals surface area (Å²) < 4.78 is 41.3. The molecule has 0 heterocycles. The number of benzene rings is 2. The van der Waals surface area contributed by atoms with Crippen molar-refractivity contribution in [3.63, 3.8) is 0 Å². The summed E-state index contributed by atoms with van der Waals surface area (Å²) in [6, 6.07) is 7.37. The Kier molecular flexibility index (Phi) is 6.11. The maximum atomic E-state index is 13.2. The van der Waals surface area contributed by atoms with Crippen LogP contribution in [0.5, 0.6) is 11.5 Å². The summed E-state index contributed by atoms with van der Waals surface area (Å²) in [5.41, 5.74) is 0.120. The molecule has 2 aromatic rings. The Hall–Kier alpha value is -3.16. The predicted octanol–water partition coefficient (Wildman–Crippen LogP) is 3.17. The molecule has 1 atom stereocenters. The quantitative estimate of drug-likeness (QED) is 0.796. The average molecular weight is 365 g/mol. The lowest BCUT2D eigenvalue weighted by Crippen LogP contribution is -2.30. The number of methoxy groups -OCH3 is 2. The highest BCUT2D eigenvalue weighted by Crippen LogP contribution is 2.29. The van der Waals surface area contributed by atoms with E-state index in [1.165, 1.54) is 21.1 Å². The summed E-state index contributed by atoms with van der Waals surface area (Å²) in [5.74, 6) is -2.97. The first-order valence-electron chi connectivity index (χ1n) is 7.54. The maximum Gasteiger partial charge on any atom is 0.339 e. The number of halogens is 2. The highest BCUT2D eigenvalue weighted by molar-refractivity contribution is 5.98. The first-order valence-corrected chi connectivity index (χ1v) is 7.54. The average Bonchev–Trinajstić information content (AvgIpc) is 2.63. The van der Waals surface area contributed by atoms with Gasteiger partial charge in [0.15, 0.2) is 17.7 Å². The smallest absolute Gasteiger partial charge is 0.339 e. The molecule has 6 nitrogen and oxygen atoms in total. The van der Waals surface area contributed by atoms with E-state index < -0.39 is 29.6 Å². The summed E-state index contributed by atoms with van der Waals surface area (Å²) in [6.45, 7) is 1.35. The van der Waals surface area contributed by atoms with Gasteiger partial charge in [0.25, 0.3) is 5.91 Å². The topological polar surface area (TPSA) is 73.9 Å². The third kappa shape index (κ3) is 4.47. The molecule has 0 radical (unpaired) electrons. The second-order valence-electron chi connectivity index (χ2n) is 5.23. The number of anilines is 1. The maximum absolute atomic E-state index is 13.2. The summed E-state index contributed by atoms with van der Waals surface area (Å²) in [4.78, 5) is 24.2. The number of ether oxygens (including phenoxy) is 3. The molecule has 2 rings (SSSR count). The van der Waals surface area contributed by atoms with Crippen molar-refractivity contribution in [1.29, 1.82) is 0 Å². The molecule has 0 aliphatic rings. The Morgan fingerprint density at radius 2 is 1.73 bits per heavy atom. The van der Waals surface area contributed by atoms with Crippen LogP contribution in [0.25, 0.3) is 0 Å². The zero-order valence-electron chi connectivity index (χ0n) is 14.3. The van der Waals surface area contributed by atoms with E-state index in [2.05, 4.69) is 5.32 Å². The number of esters is 1. The van der Waals surface area contributed by atoms with Gasteiger partial charge in [-0.25, -0.2) is 13.6 Å². The first-order chi connectivity index (χ1) is 12.3. The van der Waals surface area contributed by atoms with Gasteiger partial charge in [-0.1, -0.05) is 0 Å². The van der Waals surface area contributed by atoms with E-state index in [0.29, 0.717) is 23.3 Å². The van der Waals surface area contributed by atoms with Gasteiger partial charge in [0.1, 0.15) is 11.5 Å². The molecule has 1 N–H and O–H groups in total. The highest BCUT2D eigenvalue weighted by atomic mass is 19.2. The van der Waals surface area contributed by atoms with Crippen LogP contribution < -0.4 is 14.8 Å². The predicted molar refractivity (Wildman–Crippen MR) is 89.4 cm³/mol. The van der Waals surface area contributed by atoms with Crippen LogP contribution in [0.2, 0.25) is 0 Å². The van der Waals surface area contributed by atoms with Gasteiger partial charge < -0.3 is 19.5 Å². The minimum Gasteiger partial charge on any atom is -0.497 e. The molecule has 1 unspecified atom stereocenters. The van der Waals surface area contributed by atoms with E-state index in [-0.39, 0.29) is 5.56 Å². The number of nitrogens with one attached hydrogen (secondary N) is 1. The van der Waals surface area contributed by atoms with Crippen molar-refractivity contribution in [3.05, 3.63) is 53.6 Å². The van der Waals surface area contributed by atoms with Crippen molar-refractivity contribution >= 4 is 17.6 Å². The Labute approximate surface area is 148 Å². The molecule has 2 aromatic carbocycles. The lowest BCUT2D eigenvalue weighted by atomic mass is 10.2. The summed E-state index contributed by atoms with van der Waals surface area (Å²) >= 11 is 0. The third-order valence-electron chi connectivity index (χ3n) is 3.47. The molecule has 26 heavy (non-hydrogen) atoms. The molecule has 0 saturated carbocycles. The van der Waals surface area contributed by atoms with Crippen LogP contribution in [-0.4, -0.2) is 32.2 Å². The zero-order valence-corrected chi connectivity index (χ0v) is 14.3. The molecule has 0 bridgehead atoms. The van der Waals surface area contributed by atoms with E-state index in [4.69, 9.17) is 14.2 Å². The van der Waals surface area contributed by atoms with Crippen molar-refractivity contribution in [1.82, 2.24) is 0 Å². The summed E-state index contributed by atoms with van der Waals surface area (Å²) in [7, 11) is 2.91. The van der Waals surface area contributed by atoms with Crippen LogP contribution in [0, 0.1) is 11.6 Å². The minimum absolute atomic E-state index is 0.206. The number of rotatable bonds is 6. The van der Waals surface area contributed by atoms with Crippen LogP contribution in [-0.2, 0) is 9.53 Å². The monoisotopic (exact) mass is 365 g/mol. The first kappa shape index (κ1) is 19.2. The van der Waals surface area contributed by atoms with E-state index in [0.717, 1.165) is 12.1 Å². The molecule has 0 fully saturated rings. The molecule has 1 amide bonds. The van der Waals surface area contributed by atoms with Crippen LogP contribution in [0.1, 0.15) is 17.3 Å². The van der Waals surface area contributed by atoms with Gasteiger partial charge >= 0.3 is 5.97 Å². The van der Waals surface area contributed by atoms with E-state index >= 15 is 0 Å². The fraction of sp³-hybridized carbons (Fsp3) is 0.222. The SMILES string of the molecule is COc1ccc(OC)c(NC(=O)C(C)OC(=O)c2ccc(F)c(F)c2)c1. The number of hydrogen-bond acceptors (Lipinski definition) is 5. The minimum atomic E-state index is -1.19. The molecular formula is C18H17F2NO5. The van der Waals surface area contributed by atoms with Crippen LogP contribution >= 0.6 is 0 Å². The second-order valence-corrected chi connectivity index (χ2v) is 5.23. The van der Waals surface area contributed by atoms with E-state index in [1.807, 2.05) is 0 Å². The number of hydrogen-bond donors (Lipinski definition) is 1. The largest absolute Gasteiger partial charge is 0.497 e. The normalized spacial score (nSPS) is 11.4. The summed E-state index contributed by atoms with van der Waals surface area (Å²) in [6.07, 6.45) is -1.19. The van der Waals surface area contributed by atoms with Crippen LogP contribution in [0.3, 0.4) is 0 Å². The fourth-order valence-corrected chi connectivity index (χ4v) is 2.05. The molecule has 0 saturated heterocycles. The van der Waals surface area contributed by atoms with Gasteiger partial charge in [-0.15, -0.1) is 0 Å². The number of amides is 1. The van der Waals surface area contributed by atoms with Crippen molar-refractivity contribution < 1.29 is 32.6 Å². The fourth-order valence-electron chi connectivity index (χ4n) is 2.05. The van der Waals surface area contributed by atoms with E-state index in [1.54, 1.807) is 18.2 Å². The zero-order chi connectivity index (χ0) is 19.3. The van der Waals surface area contributed by atoms with E-state index in [9.17, 15) is 18.4 Å². The third-order valence-corrected chi connectivity index (χ3v) is 3.47. The highest BCUT2D eigenvalue weighted by Gasteiger charge is 2.21. The van der Waals surface area contributed by atoms with Gasteiger partial charge in [-0.05, 0) is 37.3 Å². The molecule has 0 spiro atoms. The van der Waals surface area contributed by atoms with Crippen molar-refractivity contribution in [2.45, 2.75) is 13.0 Å². The number of carbonyl (C=O) groups is 2. The van der Waals surface area contributed by atoms with Gasteiger partial charge in [-0.2, -0.15) is 0 Å². The Balaban J connectivity index is 2.07. The standard InChI is InChI=1S/C18H17F2NO5/c1-10(26-18(23)11-4-6-13(19)14(20)8-11)17(22)21-15-9-12(24-2)5-7-16(15)25-3/h4-10H,1-3H3,(H,21,22). The van der Waals surface area contributed by atoms with Crippen molar-refractivity contribution in [3.8, 4) is 11.5 Å². The molecular weight excluding hydrogens is 348 g/mol. The number of carbonyl (C=O) groups excluding carboxylic acids is 2. The van der Waals surface area contributed by atoms with Crippen molar-refractivity contribution in [2.24, 2.45) is 0 Å². The molecule has 8 heteroatoms. The molecule has 138 valence electrons.